The predicted octanol–water partition coefficient (Wildman–Crippen LogP) is 0.535. The first-order valence-corrected chi connectivity index (χ1v) is 3.47. The summed E-state index contributed by atoms with van der Waals surface area (Å²) in [6, 6.07) is -0.193. The first-order valence-electron chi connectivity index (χ1n) is 3.47. The smallest absolute Gasteiger partial charge is 0.331 e. The van der Waals surface area contributed by atoms with Crippen LogP contribution in [-0.2, 0) is 9.53 Å². The van der Waals surface area contributed by atoms with E-state index in [1.165, 1.54) is 0 Å². The van der Waals surface area contributed by atoms with E-state index >= 15 is 0 Å². The lowest BCUT2D eigenvalue weighted by Crippen LogP contribution is -2.47. The molecule has 2 bridgehead atoms. The highest BCUT2D eigenvalue weighted by molar-refractivity contribution is 5.87. The molecule has 1 saturated heterocycles. The van der Waals surface area contributed by atoms with E-state index in [1.54, 1.807) is 6.21 Å². The van der Waals surface area contributed by atoms with Crippen molar-refractivity contribution >= 4 is 12.2 Å². The lowest BCUT2D eigenvalue weighted by molar-refractivity contribution is -0.161. The fourth-order valence-corrected chi connectivity index (χ4v) is 1.36. The Morgan fingerprint density at radius 2 is 2.70 bits per heavy atom. The molecule has 1 fully saturated rings. The maximum Gasteiger partial charge on any atom is 0.331 e. The summed E-state index contributed by atoms with van der Waals surface area (Å²) < 4.78 is 5.08. The first kappa shape index (κ1) is 5.89. The minimum Gasteiger partial charge on any atom is -0.452 e. The van der Waals surface area contributed by atoms with Gasteiger partial charge in [0.25, 0.3) is 0 Å². The average molecular weight is 139 g/mol. The Morgan fingerprint density at radius 1 is 1.90 bits per heavy atom. The average Bonchev–Trinajstić information content (AvgIpc) is 1.87. The van der Waals surface area contributed by atoms with Crippen LogP contribution in [0.1, 0.15) is 19.8 Å². The summed E-state index contributed by atoms with van der Waals surface area (Å²) in [4.78, 5) is 15.0. The maximum absolute atomic E-state index is 10.9. The van der Waals surface area contributed by atoms with Gasteiger partial charge in [-0.15, -0.1) is 0 Å². The van der Waals surface area contributed by atoms with E-state index in [1.807, 2.05) is 6.92 Å². The lowest BCUT2D eigenvalue weighted by Gasteiger charge is -2.36. The maximum atomic E-state index is 10.9. The summed E-state index contributed by atoms with van der Waals surface area (Å²) in [5, 5.41) is 0. The van der Waals surface area contributed by atoms with E-state index in [4.69, 9.17) is 4.74 Å². The van der Waals surface area contributed by atoms with E-state index in [0.29, 0.717) is 0 Å². The summed E-state index contributed by atoms with van der Waals surface area (Å²) in [6.45, 7) is 1.89. The Bertz CT molecular complexity index is 212. The standard InChI is InChI=1S/C7H9NO2/c1-7-3-2-5(8-4-7)6(9)10-7/h4-5H,2-3H2,1H3. The molecule has 0 amide bonds. The van der Waals surface area contributed by atoms with Gasteiger partial charge in [0.2, 0.25) is 0 Å². The SMILES string of the molecule is CC12C=NC(CC1)C(=O)O2. The third kappa shape index (κ3) is 0.664. The number of fused-ring (bicyclic) bond motifs is 2. The molecule has 0 aliphatic carbocycles. The molecule has 2 unspecified atom stereocenters. The molecule has 0 spiro atoms. The Hall–Kier alpha value is -0.860. The van der Waals surface area contributed by atoms with Gasteiger partial charge < -0.3 is 4.74 Å². The molecule has 2 atom stereocenters. The molecule has 3 aliphatic rings. The van der Waals surface area contributed by atoms with Gasteiger partial charge in [-0.1, -0.05) is 0 Å². The highest BCUT2D eigenvalue weighted by Crippen LogP contribution is 2.29. The third-order valence-corrected chi connectivity index (χ3v) is 2.05. The summed E-state index contributed by atoms with van der Waals surface area (Å²) in [6.07, 6.45) is 3.53. The van der Waals surface area contributed by atoms with E-state index in [0.717, 1.165) is 12.8 Å². The molecule has 0 aromatic carbocycles. The van der Waals surface area contributed by atoms with E-state index in [9.17, 15) is 4.79 Å². The minimum atomic E-state index is -0.383. The van der Waals surface area contributed by atoms with Crippen LogP contribution in [0.25, 0.3) is 0 Å². The van der Waals surface area contributed by atoms with E-state index in [2.05, 4.69) is 4.99 Å². The molecule has 10 heavy (non-hydrogen) atoms. The van der Waals surface area contributed by atoms with Crippen LogP contribution in [0.5, 0.6) is 0 Å². The number of hydrogen-bond donors (Lipinski definition) is 0. The monoisotopic (exact) mass is 139 g/mol. The topological polar surface area (TPSA) is 38.7 Å². The zero-order valence-corrected chi connectivity index (χ0v) is 5.83. The number of carbonyl (C=O) groups is 1. The summed E-state index contributed by atoms with van der Waals surface area (Å²) in [5.41, 5.74) is -0.383. The summed E-state index contributed by atoms with van der Waals surface area (Å²) >= 11 is 0. The largest absolute Gasteiger partial charge is 0.452 e. The van der Waals surface area contributed by atoms with Gasteiger partial charge >= 0.3 is 5.97 Å². The number of aliphatic imine (C=N–C) groups is 1. The Labute approximate surface area is 59.1 Å². The van der Waals surface area contributed by atoms with Gasteiger partial charge in [-0.3, -0.25) is 4.99 Å². The third-order valence-electron chi connectivity index (χ3n) is 2.05. The molecule has 3 rings (SSSR count). The second-order valence-corrected chi connectivity index (χ2v) is 3.07. The van der Waals surface area contributed by atoms with Crippen molar-refractivity contribution in [3.63, 3.8) is 0 Å². The predicted molar refractivity (Wildman–Crippen MR) is 36.0 cm³/mol. The van der Waals surface area contributed by atoms with Crippen LogP contribution in [0.15, 0.2) is 4.99 Å². The molecule has 0 N–H and O–H groups in total. The number of rotatable bonds is 0. The Kier molecular flexibility index (Phi) is 0.938. The van der Waals surface area contributed by atoms with E-state index < -0.39 is 0 Å². The minimum absolute atomic E-state index is 0.156. The van der Waals surface area contributed by atoms with Gasteiger partial charge in [0.1, 0.15) is 11.6 Å². The normalized spacial score (nSPS) is 43.7. The van der Waals surface area contributed by atoms with Crippen LogP contribution in [0.3, 0.4) is 0 Å². The molecule has 54 valence electrons. The number of nitrogens with zero attached hydrogens (tertiary/aromatic N) is 1. The molecule has 0 aromatic rings. The van der Waals surface area contributed by atoms with Gasteiger partial charge in [-0.25, -0.2) is 4.79 Å². The number of hydrogen-bond acceptors (Lipinski definition) is 3. The van der Waals surface area contributed by atoms with Crippen molar-refractivity contribution < 1.29 is 9.53 Å². The van der Waals surface area contributed by atoms with Crippen molar-refractivity contribution in [2.75, 3.05) is 0 Å². The lowest BCUT2D eigenvalue weighted by atomic mass is 9.91. The molecular formula is C7H9NO2. The van der Waals surface area contributed by atoms with Crippen molar-refractivity contribution in [3.8, 4) is 0 Å². The number of ether oxygens (including phenoxy) is 1. The molecule has 3 nitrogen and oxygen atoms in total. The Balaban J connectivity index is 2.36. The quantitative estimate of drug-likeness (QED) is 0.459. The van der Waals surface area contributed by atoms with Crippen molar-refractivity contribution in [2.24, 2.45) is 4.99 Å². The van der Waals surface area contributed by atoms with Gasteiger partial charge in [-0.2, -0.15) is 0 Å². The van der Waals surface area contributed by atoms with Crippen LogP contribution >= 0.6 is 0 Å². The Morgan fingerprint density at radius 3 is 3.00 bits per heavy atom. The van der Waals surface area contributed by atoms with Crippen molar-refractivity contribution in [2.45, 2.75) is 31.4 Å². The molecule has 0 aromatic heterocycles. The van der Waals surface area contributed by atoms with Crippen LogP contribution in [0.4, 0.5) is 0 Å². The first-order chi connectivity index (χ1) is 4.70. The second-order valence-electron chi connectivity index (χ2n) is 3.07. The molecular weight excluding hydrogens is 130 g/mol. The second kappa shape index (κ2) is 1.59. The molecule has 3 heteroatoms. The highest BCUT2D eigenvalue weighted by Gasteiger charge is 2.41. The fraction of sp³-hybridized carbons (Fsp3) is 0.714. The highest BCUT2D eigenvalue weighted by atomic mass is 16.6. The van der Waals surface area contributed by atoms with Crippen molar-refractivity contribution in [3.05, 3.63) is 0 Å². The zero-order chi connectivity index (χ0) is 7.19. The zero-order valence-electron chi connectivity index (χ0n) is 5.83. The number of esters is 1. The summed E-state index contributed by atoms with van der Waals surface area (Å²) in [7, 11) is 0. The fourth-order valence-electron chi connectivity index (χ4n) is 1.36. The van der Waals surface area contributed by atoms with Crippen molar-refractivity contribution in [1.29, 1.82) is 0 Å². The van der Waals surface area contributed by atoms with Gasteiger partial charge in [0.05, 0.1) is 0 Å². The summed E-state index contributed by atoms with van der Waals surface area (Å²) in [5.74, 6) is -0.156. The van der Waals surface area contributed by atoms with Gasteiger partial charge in [-0.05, 0) is 19.8 Å². The molecule has 3 aliphatic heterocycles. The van der Waals surface area contributed by atoms with Crippen LogP contribution < -0.4 is 0 Å². The van der Waals surface area contributed by atoms with Crippen LogP contribution in [0, 0.1) is 0 Å². The molecule has 0 radical (unpaired) electrons. The van der Waals surface area contributed by atoms with Crippen molar-refractivity contribution in [1.82, 2.24) is 0 Å². The van der Waals surface area contributed by atoms with Gasteiger partial charge in [0.15, 0.2) is 0 Å². The van der Waals surface area contributed by atoms with Gasteiger partial charge in [0, 0.05) is 6.21 Å². The molecule has 0 saturated carbocycles. The van der Waals surface area contributed by atoms with Crippen LogP contribution in [-0.4, -0.2) is 23.8 Å². The van der Waals surface area contributed by atoms with E-state index in [-0.39, 0.29) is 17.6 Å². The molecule has 3 heterocycles. The van der Waals surface area contributed by atoms with Crippen LogP contribution in [0.2, 0.25) is 0 Å². The number of carbonyl (C=O) groups excluding carboxylic acids is 1.